The maximum Gasteiger partial charge on any atom is 0.360 e. The van der Waals surface area contributed by atoms with E-state index in [1.807, 2.05) is 45.9 Å². The number of aryl methyl sites for hydroxylation is 2. The second-order valence-corrected chi connectivity index (χ2v) is 5.46. The maximum absolute atomic E-state index is 12.1. The van der Waals surface area contributed by atoms with Crippen LogP contribution in [-0.2, 0) is 0 Å². The van der Waals surface area contributed by atoms with Crippen molar-refractivity contribution in [3.05, 3.63) is 57.0 Å². The summed E-state index contributed by atoms with van der Waals surface area (Å²) in [5.74, 6) is -1.38. The Morgan fingerprint density at radius 2 is 1.95 bits per heavy atom. The first-order chi connectivity index (χ1) is 9.81. The molecular formula is C16H18N2O3. The van der Waals surface area contributed by atoms with Crippen LogP contribution in [0.3, 0.4) is 0 Å². The SMILES string of the molecule is Cc1ccc(C)c(-n2cc(C(C)C)c(=O)c(C(=O)O)n2)c1. The molecule has 21 heavy (non-hydrogen) atoms. The number of aromatic carboxylic acids is 1. The van der Waals surface area contributed by atoms with E-state index in [1.54, 1.807) is 6.20 Å². The van der Waals surface area contributed by atoms with Crippen LogP contribution in [0.1, 0.15) is 46.9 Å². The molecule has 0 aliphatic heterocycles. The summed E-state index contributed by atoms with van der Waals surface area (Å²) < 4.78 is 1.49. The highest BCUT2D eigenvalue weighted by atomic mass is 16.4. The fraction of sp³-hybridized carbons (Fsp3) is 0.312. The predicted molar refractivity (Wildman–Crippen MR) is 80.4 cm³/mol. The average Bonchev–Trinajstić information content (AvgIpc) is 2.41. The third-order valence-corrected chi connectivity index (χ3v) is 3.38. The van der Waals surface area contributed by atoms with Crippen LogP contribution in [0.25, 0.3) is 5.69 Å². The van der Waals surface area contributed by atoms with Gasteiger partial charge in [0.2, 0.25) is 11.1 Å². The quantitative estimate of drug-likeness (QED) is 0.941. The van der Waals surface area contributed by atoms with Crippen molar-refractivity contribution < 1.29 is 9.90 Å². The van der Waals surface area contributed by atoms with E-state index in [0.717, 1.165) is 16.8 Å². The summed E-state index contributed by atoms with van der Waals surface area (Å²) in [7, 11) is 0. The van der Waals surface area contributed by atoms with Gasteiger partial charge in [-0.05, 0) is 37.0 Å². The fourth-order valence-corrected chi connectivity index (χ4v) is 2.15. The number of carbonyl (C=O) groups is 1. The molecule has 5 heteroatoms. The third-order valence-electron chi connectivity index (χ3n) is 3.38. The van der Waals surface area contributed by atoms with Crippen LogP contribution in [0.15, 0.2) is 29.2 Å². The molecule has 0 spiro atoms. The smallest absolute Gasteiger partial charge is 0.360 e. The minimum absolute atomic E-state index is 0.0741. The van der Waals surface area contributed by atoms with Gasteiger partial charge < -0.3 is 5.11 Å². The summed E-state index contributed by atoms with van der Waals surface area (Å²) in [4.78, 5) is 23.4. The molecular weight excluding hydrogens is 268 g/mol. The summed E-state index contributed by atoms with van der Waals surface area (Å²) in [6.45, 7) is 7.59. The highest BCUT2D eigenvalue weighted by molar-refractivity contribution is 5.85. The lowest BCUT2D eigenvalue weighted by molar-refractivity contribution is 0.0686. The van der Waals surface area contributed by atoms with Gasteiger partial charge in [0, 0.05) is 11.8 Å². The first-order valence-electron chi connectivity index (χ1n) is 6.76. The topological polar surface area (TPSA) is 72.2 Å². The van der Waals surface area contributed by atoms with Crippen LogP contribution in [0.2, 0.25) is 0 Å². The fourth-order valence-electron chi connectivity index (χ4n) is 2.15. The van der Waals surface area contributed by atoms with Crippen molar-refractivity contribution in [3.8, 4) is 5.69 Å². The summed E-state index contributed by atoms with van der Waals surface area (Å²) in [5.41, 5.74) is 2.27. The normalized spacial score (nSPS) is 10.9. The highest BCUT2D eigenvalue weighted by Gasteiger charge is 2.18. The van der Waals surface area contributed by atoms with Gasteiger partial charge in [0.25, 0.3) is 0 Å². The standard InChI is InChI=1S/C16H18N2O3/c1-9(2)12-8-18(17-14(15(12)19)16(20)21)13-7-10(3)5-6-11(13)4/h5-9H,1-4H3,(H,20,21). The van der Waals surface area contributed by atoms with E-state index >= 15 is 0 Å². The zero-order valence-corrected chi connectivity index (χ0v) is 12.5. The van der Waals surface area contributed by atoms with E-state index < -0.39 is 17.1 Å². The second kappa shape index (κ2) is 5.52. The number of carboxylic acids is 1. The molecule has 0 aliphatic rings. The first-order valence-corrected chi connectivity index (χ1v) is 6.76. The number of nitrogens with zero attached hydrogens (tertiary/aromatic N) is 2. The van der Waals surface area contributed by atoms with E-state index in [9.17, 15) is 14.7 Å². The van der Waals surface area contributed by atoms with E-state index in [-0.39, 0.29) is 5.92 Å². The Labute approximate surface area is 122 Å². The zero-order chi connectivity index (χ0) is 15.7. The molecule has 2 rings (SSSR count). The van der Waals surface area contributed by atoms with E-state index in [1.165, 1.54) is 4.68 Å². The van der Waals surface area contributed by atoms with Gasteiger partial charge in [-0.1, -0.05) is 26.0 Å². The third kappa shape index (κ3) is 2.86. The van der Waals surface area contributed by atoms with Crippen LogP contribution in [0.4, 0.5) is 0 Å². The molecule has 0 fully saturated rings. The molecule has 0 atom stereocenters. The average molecular weight is 286 g/mol. The molecule has 1 N–H and O–H groups in total. The Kier molecular flexibility index (Phi) is 3.93. The lowest BCUT2D eigenvalue weighted by Gasteiger charge is -2.13. The van der Waals surface area contributed by atoms with Gasteiger partial charge in [-0.25, -0.2) is 9.48 Å². The first kappa shape index (κ1) is 15.0. The van der Waals surface area contributed by atoms with E-state index in [0.29, 0.717) is 5.56 Å². The summed E-state index contributed by atoms with van der Waals surface area (Å²) >= 11 is 0. The molecule has 0 amide bonds. The number of hydrogen-bond donors (Lipinski definition) is 1. The minimum Gasteiger partial charge on any atom is -0.476 e. The predicted octanol–water partition coefficient (Wildman–Crippen LogP) is 2.67. The molecule has 5 nitrogen and oxygen atoms in total. The number of benzene rings is 1. The Bertz CT molecular complexity index is 761. The molecule has 1 heterocycles. The van der Waals surface area contributed by atoms with Crippen molar-refractivity contribution in [2.75, 3.05) is 0 Å². The van der Waals surface area contributed by atoms with Gasteiger partial charge in [-0.15, -0.1) is 0 Å². The zero-order valence-electron chi connectivity index (χ0n) is 12.5. The molecule has 110 valence electrons. The second-order valence-electron chi connectivity index (χ2n) is 5.46. The summed E-state index contributed by atoms with van der Waals surface area (Å²) in [6, 6.07) is 5.84. The monoisotopic (exact) mass is 286 g/mol. The molecule has 0 saturated carbocycles. The van der Waals surface area contributed by atoms with Gasteiger partial charge in [0.1, 0.15) is 0 Å². The molecule has 2 aromatic rings. The molecule has 1 aromatic carbocycles. The lowest BCUT2D eigenvalue weighted by Crippen LogP contribution is -2.25. The summed E-state index contributed by atoms with van der Waals surface area (Å²) in [5, 5.41) is 13.2. The van der Waals surface area contributed by atoms with Gasteiger partial charge in [0.05, 0.1) is 5.69 Å². The molecule has 0 unspecified atom stereocenters. The van der Waals surface area contributed by atoms with Crippen LogP contribution in [0.5, 0.6) is 0 Å². The number of aromatic nitrogens is 2. The van der Waals surface area contributed by atoms with Gasteiger partial charge in [0.15, 0.2) is 0 Å². The number of rotatable bonds is 3. The van der Waals surface area contributed by atoms with Gasteiger partial charge in [-0.2, -0.15) is 5.10 Å². The molecule has 0 bridgehead atoms. The van der Waals surface area contributed by atoms with Gasteiger partial charge in [-0.3, -0.25) is 4.79 Å². The Hall–Kier alpha value is -2.43. The molecule has 0 radical (unpaired) electrons. The van der Waals surface area contributed by atoms with E-state index in [2.05, 4.69) is 5.10 Å². The van der Waals surface area contributed by atoms with Crippen LogP contribution in [0, 0.1) is 13.8 Å². The molecule has 0 saturated heterocycles. The Morgan fingerprint density at radius 1 is 1.29 bits per heavy atom. The van der Waals surface area contributed by atoms with Crippen molar-refractivity contribution in [2.24, 2.45) is 0 Å². The van der Waals surface area contributed by atoms with Crippen molar-refractivity contribution in [3.63, 3.8) is 0 Å². The van der Waals surface area contributed by atoms with Crippen LogP contribution in [-0.4, -0.2) is 20.9 Å². The highest BCUT2D eigenvalue weighted by Crippen LogP contribution is 2.17. The van der Waals surface area contributed by atoms with Gasteiger partial charge >= 0.3 is 5.97 Å². The maximum atomic E-state index is 12.1. The minimum atomic E-state index is -1.30. The van der Waals surface area contributed by atoms with E-state index in [4.69, 9.17) is 0 Å². The lowest BCUT2D eigenvalue weighted by atomic mass is 10.0. The molecule has 1 aromatic heterocycles. The summed E-state index contributed by atoms with van der Waals surface area (Å²) in [6.07, 6.45) is 1.63. The van der Waals surface area contributed by atoms with Crippen LogP contribution < -0.4 is 5.43 Å². The Morgan fingerprint density at radius 3 is 2.52 bits per heavy atom. The van der Waals surface area contributed by atoms with Crippen molar-refractivity contribution in [1.29, 1.82) is 0 Å². The number of carboxylic acid groups (broad SMARTS) is 1. The number of hydrogen-bond acceptors (Lipinski definition) is 3. The van der Waals surface area contributed by atoms with Crippen molar-refractivity contribution >= 4 is 5.97 Å². The van der Waals surface area contributed by atoms with Crippen molar-refractivity contribution in [1.82, 2.24) is 9.78 Å². The Balaban J connectivity index is 2.78. The van der Waals surface area contributed by atoms with Crippen molar-refractivity contribution in [2.45, 2.75) is 33.6 Å². The van der Waals surface area contributed by atoms with Crippen LogP contribution >= 0.6 is 0 Å². The largest absolute Gasteiger partial charge is 0.476 e. The molecule has 0 aliphatic carbocycles.